The molecule has 1 fully saturated rings. The Morgan fingerprint density at radius 1 is 1.00 bits per heavy atom. The zero-order valence-corrected chi connectivity index (χ0v) is 22.4. The number of nitrogens with one attached hydrogen (secondary N) is 2. The molecule has 4 aromatic rings. The number of aryl methyl sites for hydroxylation is 2. The van der Waals surface area contributed by atoms with Crippen LogP contribution in [0, 0.1) is 0 Å². The van der Waals surface area contributed by atoms with Gasteiger partial charge in [0, 0.05) is 31.7 Å². The van der Waals surface area contributed by atoms with Crippen LogP contribution in [-0.4, -0.2) is 62.3 Å². The molecule has 0 saturated carbocycles. The summed E-state index contributed by atoms with van der Waals surface area (Å²) in [5.41, 5.74) is 10.4. The van der Waals surface area contributed by atoms with Gasteiger partial charge in [0.05, 0.1) is 11.6 Å². The Balaban J connectivity index is 1.27. The Morgan fingerprint density at radius 2 is 1.73 bits per heavy atom. The average molecular weight is 540 g/mol. The zero-order chi connectivity index (χ0) is 28.1. The highest BCUT2D eigenvalue weighted by atomic mass is 16.2. The molecule has 3 aromatic carbocycles. The normalized spacial score (nSPS) is 17.5. The summed E-state index contributed by atoms with van der Waals surface area (Å²) >= 11 is 0. The average Bonchev–Trinajstić information content (AvgIpc) is 3.58. The Morgan fingerprint density at radius 3 is 2.48 bits per heavy atom. The van der Waals surface area contributed by atoms with Crippen LogP contribution in [0.4, 0.5) is 0 Å². The number of carbonyl (C=O) groups is 3. The number of hydrogen-bond acceptors (Lipinski definition) is 6. The van der Waals surface area contributed by atoms with Gasteiger partial charge in [-0.1, -0.05) is 59.8 Å². The molecule has 40 heavy (non-hydrogen) atoms. The fraction of sp³-hybridized carbons (Fsp3) is 0.300. The van der Waals surface area contributed by atoms with Crippen LogP contribution >= 0.6 is 0 Å². The number of carbonyl (C=O) groups excluding carboxylic acids is 3. The van der Waals surface area contributed by atoms with E-state index in [0.717, 1.165) is 22.2 Å². The highest BCUT2D eigenvalue weighted by Crippen LogP contribution is 2.21. The first-order valence-electron chi connectivity index (χ1n) is 13.4. The van der Waals surface area contributed by atoms with Crippen LogP contribution in [0.15, 0.2) is 78.9 Å². The second-order valence-corrected chi connectivity index (χ2v) is 10.2. The number of rotatable bonds is 9. The molecular formula is C30H33N7O3. The summed E-state index contributed by atoms with van der Waals surface area (Å²) in [4.78, 5) is 41.2. The highest BCUT2D eigenvalue weighted by molar-refractivity contribution is 5.95. The van der Waals surface area contributed by atoms with Crippen LogP contribution in [0.25, 0.3) is 11.0 Å². The summed E-state index contributed by atoms with van der Waals surface area (Å²) in [6, 6.07) is 22.5. The van der Waals surface area contributed by atoms with E-state index in [2.05, 4.69) is 20.9 Å². The van der Waals surface area contributed by atoms with Crippen molar-refractivity contribution in [3.63, 3.8) is 0 Å². The second-order valence-electron chi connectivity index (χ2n) is 10.2. The van der Waals surface area contributed by atoms with E-state index in [4.69, 9.17) is 5.73 Å². The number of hydrogen-bond donors (Lipinski definition) is 3. The maximum Gasteiger partial charge on any atom is 0.251 e. The molecule has 1 aliphatic heterocycles. The van der Waals surface area contributed by atoms with Crippen molar-refractivity contribution in [3.05, 3.63) is 95.6 Å². The minimum absolute atomic E-state index is 0.208. The molecule has 0 radical (unpaired) electrons. The van der Waals surface area contributed by atoms with Crippen molar-refractivity contribution in [3.8, 4) is 0 Å². The SMILES string of the molecule is Cn1nnc2cc(CNC(=O)[C@@H]3C[C@@H](NC(=O)c4ccccc4)CN3C(=O)[C@H](N)CCc3ccccc3)ccc21. The van der Waals surface area contributed by atoms with Crippen molar-refractivity contribution in [1.82, 2.24) is 30.5 Å². The fourth-order valence-corrected chi connectivity index (χ4v) is 5.10. The Hall–Kier alpha value is -4.57. The lowest BCUT2D eigenvalue weighted by atomic mass is 10.0. The van der Waals surface area contributed by atoms with Gasteiger partial charge in [0.25, 0.3) is 5.91 Å². The summed E-state index contributed by atoms with van der Waals surface area (Å²) in [5, 5.41) is 14.1. The van der Waals surface area contributed by atoms with Gasteiger partial charge >= 0.3 is 0 Å². The summed E-state index contributed by atoms with van der Waals surface area (Å²) in [7, 11) is 1.82. The third-order valence-corrected chi connectivity index (χ3v) is 7.30. The number of nitrogens with zero attached hydrogens (tertiary/aromatic N) is 4. The fourth-order valence-electron chi connectivity index (χ4n) is 5.10. The van der Waals surface area contributed by atoms with Crippen LogP contribution in [-0.2, 0) is 29.6 Å². The molecule has 0 spiro atoms. The molecule has 10 heteroatoms. The lowest BCUT2D eigenvalue weighted by Crippen LogP contribution is -2.51. The van der Waals surface area contributed by atoms with E-state index in [-0.39, 0.29) is 36.9 Å². The number of fused-ring (bicyclic) bond motifs is 1. The molecule has 1 saturated heterocycles. The van der Waals surface area contributed by atoms with E-state index < -0.39 is 12.1 Å². The quantitative estimate of drug-likeness (QED) is 0.298. The first kappa shape index (κ1) is 27.0. The molecule has 206 valence electrons. The standard InChI is InChI=1S/C30H33N7O3/c1-36-26-15-13-21(16-25(26)34-35-36)18-32-29(39)27-17-23(33-28(38)22-10-6-3-7-11-22)19-37(27)30(40)24(31)14-12-20-8-4-2-5-9-20/h2-11,13,15-16,23-24,27H,12,14,17-19,31H2,1H3,(H,32,39)(H,33,38)/t23-,24-,27+/m1/s1. The third kappa shape index (κ3) is 6.18. The van der Waals surface area contributed by atoms with E-state index in [0.29, 0.717) is 24.8 Å². The molecule has 5 rings (SSSR count). The van der Waals surface area contributed by atoms with Gasteiger partial charge in [-0.15, -0.1) is 5.10 Å². The lowest BCUT2D eigenvalue weighted by molar-refractivity contribution is -0.139. The van der Waals surface area contributed by atoms with Crippen LogP contribution in [0.1, 0.15) is 34.3 Å². The second kappa shape index (κ2) is 12.1. The molecule has 4 N–H and O–H groups in total. The molecule has 10 nitrogen and oxygen atoms in total. The maximum atomic E-state index is 13.5. The molecule has 0 unspecified atom stereocenters. The predicted octanol–water partition coefficient (Wildman–Crippen LogP) is 1.94. The van der Waals surface area contributed by atoms with Crippen molar-refractivity contribution in [1.29, 1.82) is 0 Å². The van der Waals surface area contributed by atoms with Crippen molar-refractivity contribution in [2.75, 3.05) is 6.54 Å². The molecule has 0 aliphatic carbocycles. The minimum Gasteiger partial charge on any atom is -0.350 e. The minimum atomic E-state index is -0.766. The number of nitrogens with two attached hydrogens (primary N) is 1. The molecule has 1 aromatic heterocycles. The van der Waals surface area contributed by atoms with Crippen LogP contribution in [0.2, 0.25) is 0 Å². The smallest absolute Gasteiger partial charge is 0.251 e. The Kier molecular flexibility index (Phi) is 8.16. The molecular weight excluding hydrogens is 506 g/mol. The molecule has 1 aliphatic rings. The van der Waals surface area contributed by atoms with Crippen LogP contribution < -0.4 is 16.4 Å². The Labute approximate surface area is 232 Å². The largest absolute Gasteiger partial charge is 0.350 e. The summed E-state index contributed by atoms with van der Waals surface area (Å²) in [6.07, 6.45) is 1.40. The van der Waals surface area contributed by atoms with Gasteiger partial charge in [0.1, 0.15) is 11.6 Å². The highest BCUT2D eigenvalue weighted by Gasteiger charge is 2.41. The topological polar surface area (TPSA) is 135 Å². The van der Waals surface area contributed by atoms with Gasteiger partial charge in [0.2, 0.25) is 11.8 Å². The van der Waals surface area contributed by atoms with E-state index >= 15 is 0 Å². The summed E-state index contributed by atoms with van der Waals surface area (Å²) in [5.74, 6) is -0.836. The third-order valence-electron chi connectivity index (χ3n) is 7.30. The molecule has 0 bridgehead atoms. The van der Waals surface area contributed by atoms with Gasteiger partial charge in [-0.3, -0.25) is 14.4 Å². The van der Waals surface area contributed by atoms with Gasteiger partial charge in [-0.05, 0) is 54.7 Å². The maximum absolute atomic E-state index is 13.5. The van der Waals surface area contributed by atoms with Crippen molar-refractivity contribution >= 4 is 28.8 Å². The first-order chi connectivity index (χ1) is 19.4. The van der Waals surface area contributed by atoms with Gasteiger partial charge < -0.3 is 21.3 Å². The van der Waals surface area contributed by atoms with Gasteiger partial charge in [0.15, 0.2) is 0 Å². The van der Waals surface area contributed by atoms with Crippen molar-refractivity contribution in [2.24, 2.45) is 12.8 Å². The van der Waals surface area contributed by atoms with Gasteiger partial charge in [-0.25, -0.2) is 4.68 Å². The Bertz CT molecular complexity index is 1490. The van der Waals surface area contributed by atoms with E-state index in [9.17, 15) is 14.4 Å². The van der Waals surface area contributed by atoms with E-state index in [1.165, 1.54) is 4.90 Å². The predicted molar refractivity (Wildman–Crippen MR) is 151 cm³/mol. The molecule has 3 amide bonds. The molecule has 2 heterocycles. The lowest BCUT2D eigenvalue weighted by Gasteiger charge is -2.26. The van der Waals surface area contributed by atoms with E-state index in [1.54, 1.807) is 28.9 Å². The first-order valence-corrected chi connectivity index (χ1v) is 13.4. The van der Waals surface area contributed by atoms with Crippen molar-refractivity contribution in [2.45, 2.75) is 43.9 Å². The monoisotopic (exact) mass is 539 g/mol. The molecule has 3 atom stereocenters. The van der Waals surface area contributed by atoms with Gasteiger partial charge in [-0.2, -0.15) is 0 Å². The number of benzene rings is 3. The number of amides is 3. The van der Waals surface area contributed by atoms with Crippen LogP contribution in [0.3, 0.4) is 0 Å². The zero-order valence-electron chi connectivity index (χ0n) is 22.4. The number of likely N-dealkylation sites (tertiary alicyclic amines) is 1. The van der Waals surface area contributed by atoms with E-state index in [1.807, 2.05) is 61.6 Å². The summed E-state index contributed by atoms with van der Waals surface area (Å²) < 4.78 is 1.69. The van der Waals surface area contributed by atoms with Crippen LogP contribution in [0.5, 0.6) is 0 Å². The summed E-state index contributed by atoms with van der Waals surface area (Å²) in [6.45, 7) is 0.477. The van der Waals surface area contributed by atoms with Crippen molar-refractivity contribution < 1.29 is 14.4 Å². The number of aromatic nitrogens is 3.